The van der Waals surface area contributed by atoms with Crippen molar-refractivity contribution in [1.29, 1.82) is 0 Å². The van der Waals surface area contributed by atoms with Crippen LogP contribution in [-0.4, -0.2) is 21.7 Å². The molecular weight excluding hydrogens is 542 g/mol. The zero-order chi connectivity index (χ0) is 29.4. The van der Waals surface area contributed by atoms with Crippen molar-refractivity contribution < 1.29 is 9.53 Å². The Morgan fingerprint density at radius 1 is 1.02 bits per heavy atom. The summed E-state index contributed by atoms with van der Waals surface area (Å²) in [7, 11) is 0. The molecule has 0 fully saturated rings. The van der Waals surface area contributed by atoms with Crippen molar-refractivity contribution in [3.8, 4) is 0 Å². The minimum atomic E-state index is -0.622. The van der Waals surface area contributed by atoms with Gasteiger partial charge in [0.05, 0.1) is 28.5 Å². The monoisotopic (exact) mass is 575 g/mol. The normalized spacial score (nSPS) is 15.3. The van der Waals surface area contributed by atoms with Crippen LogP contribution in [0.2, 0.25) is 0 Å². The first-order valence-corrected chi connectivity index (χ1v) is 15.1. The molecule has 2 aromatic heterocycles. The van der Waals surface area contributed by atoms with Gasteiger partial charge in [-0.05, 0) is 48.6 Å². The number of carbonyl (C=O) groups excluding carboxylic acids is 1. The maximum Gasteiger partial charge on any atom is 0.338 e. The molecule has 1 aliphatic heterocycles. The van der Waals surface area contributed by atoms with Crippen LogP contribution < -0.4 is 14.9 Å². The first-order chi connectivity index (χ1) is 20.4. The van der Waals surface area contributed by atoms with E-state index in [-0.39, 0.29) is 12.2 Å². The predicted octanol–water partition coefficient (Wildman–Crippen LogP) is 5.92. The highest BCUT2D eigenvalue weighted by molar-refractivity contribution is 7.07. The molecule has 3 heterocycles. The van der Waals surface area contributed by atoms with E-state index in [2.05, 4.69) is 61.0 Å². The molecule has 6 nitrogen and oxygen atoms in total. The van der Waals surface area contributed by atoms with Crippen LogP contribution in [0.1, 0.15) is 61.9 Å². The van der Waals surface area contributed by atoms with Crippen molar-refractivity contribution in [2.45, 2.75) is 46.2 Å². The van der Waals surface area contributed by atoms with E-state index < -0.39 is 12.0 Å². The zero-order valence-corrected chi connectivity index (χ0v) is 25.0. The molecule has 1 atom stereocenters. The Balaban J connectivity index is 1.51. The van der Waals surface area contributed by atoms with Crippen LogP contribution in [0.3, 0.4) is 0 Å². The second kappa shape index (κ2) is 11.4. The van der Waals surface area contributed by atoms with Crippen LogP contribution >= 0.6 is 11.3 Å². The van der Waals surface area contributed by atoms with E-state index in [1.807, 2.05) is 55.5 Å². The van der Waals surface area contributed by atoms with E-state index in [9.17, 15) is 9.59 Å². The number of aromatic nitrogens is 2. The molecule has 212 valence electrons. The number of ether oxygens (including phenoxy) is 1. The van der Waals surface area contributed by atoms with Crippen molar-refractivity contribution >= 4 is 34.3 Å². The van der Waals surface area contributed by atoms with E-state index >= 15 is 0 Å². The fourth-order valence-corrected chi connectivity index (χ4v) is 6.65. The highest BCUT2D eigenvalue weighted by Gasteiger charge is 2.33. The fourth-order valence-electron chi connectivity index (χ4n) is 5.61. The molecular formula is C35H33N3O3S. The molecule has 42 heavy (non-hydrogen) atoms. The SMILES string of the molecule is CCOC(=O)C1=C(C)N=c2s/c(=C\c3cn(Cc4ccccc4)c4ccccc34)c(=O)n2[C@@H]1c1ccc(C(C)C)cc1. The maximum atomic E-state index is 14.1. The number of fused-ring (bicyclic) bond motifs is 2. The maximum absolute atomic E-state index is 14.1. The Morgan fingerprint density at radius 3 is 2.45 bits per heavy atom. The number of rotatable bonds is 7. The van der Waals surface area contributed by atoms with Gasteiger partial charge in [-0.2, -0.15) is 0 Å². The third kappa shape index (κ3) is 5.05. The molecule has 6 rings (SSSR count). The largest absolute Gasteiger partial charge is 0.463 e. The summed E-state index contributed by atoms with van der Waals surface area (Å²) in [5, 5.41) is 1.07. The van der Waals surface area contributed by atoms with Gasteiger partial charge in [0.25, 0.3) is 5.56 Å². The molecule has 0 N–H and O–H groups in total. The minimum absolute atomic E-state index is 0.175. The van der Waals surface area contributed by atoms with Crippen LogP contribution in [0.5, 0.6) is 0 Å². The van der Waals surface area contributed by atoms with Gasteiger partial charge >= 0.3 is 5.97 Å². The number of allylic oxidation sites excluding steroid dienone is 1. The zero-order valence-electron chi connectivity index (χ0n) is 24.2. The Kier molecular flexibility index (Phi) is 7.52. The average molecular weight is 576 g/mol. The lowest BCUT2D eigenvalue weighted by atomic mass is 9.93. The first kappa shape index (κ1) is 27.7. The quantitative estimate of drug-likeness (QED) is 0.226. The second-order valence-electron chi connectivity index (χ2n) is 10.8. The number of benzene rings is 3. The molecule has 0 radical (unpaired) electrons. The van der Waals surface area contributed by atoms with Crippen LogP contribution in [0, 0.1) is 0 Å². The van der Waals surface area contributed by atoms with Gasteiger partial charge in [0.1, 0.15) is 0 Å². The van der Waals surface area contributed by atoms with Crippen LogP contribution in [-0.2, 0) is 16.1 Å². The average Bonchev–Trinajstić information content (AvgIpc) is 3.49. The van der Waals surface area contributed by atoms with Crippen molar-refractivity contribution in [3.63, 3.8) is 0 Å². The lowest BCUT2D eigenvalue weighted by Gasteiger charge is -2.25. The highest BCUT2D eigenvalue weighted by Crippen LogP contribution is 2.31. The number of nitrogens with zero attached hydrogens (tertiary/aromatic N) is 3. The fraction of sp³-hybridized carbons (Fsp3) is 0.229. The molecule has 0 spiro atoms. The van der Waals surface area contributed by atoms with Gasteiger partial charge in [0.15, 0.2) is 4.80 Å². The summed E-state index contributed by atoms with van der Waals surface area (Å²) in [6.07, 6.45) is 4.06. The Hall–Kier alpha value is -4.49. The van der Waals surface area contributed by atoms with Crippen molar-refractivity contribution in [2.24, 2.45) is 4.99 Å². The summed E-state index contributed by atoms with van der Waals surface area (Å²) in [6, 6.07) is 26.1. The van der Waals surface area contributed by atoms with E-state index in [0.717, 1.165) is 28.6 Å². The molecule has 7 heteroatoms. The third-order valence-corrected chi connectivity index (χ3v) is 8.72. The molecule has 0 amide bonds. The van der Waals surface area contributed by atoms with Gasteiger partial charge in [-0.3, -0.25) is 9.36 Å². The van der Waals surface area contributed by atoms with E-state index in [1.54, 1.807) is 11.5 Å². The lowest BCUT2D eigenvalue weighted by molar-refractivity contribution is -0.139. The lowest BCUT2D eigenvalue weighted by Crippen LogP contribution is -2.39. The molecule has 0 unspecified atom stereocenters. The number of hydrogen-bond donors (Lipinski definition) is 0. The predicted molar refractivity (Wildman–Crippen MR) is 168 cm³/mol. The van der Waals surface area contributed by atoms with Crippen molar-refractivity contribution in [1.82, 2.24) is 9.13 Å². The molecule has 0 saturated carbocycles. The number of hydrogen-bond acceptors (Lipinski definition) is 5. The topological polar surface area (TPSA) is 65.6 Å². The van der Waals surface area contributed by atoms with Gasteiger partial charge in [-0.1, -0.05) is 98.0 Å². The highest BCUT2D eigenvalue weighted by atomic mass is 32.1. The van der Waals surface area contributed by atoms with Crippen LogP contribution in [0.4, 0.5) is 0 Å². The molecule has 0 aliphatic carbocycles. The molecule has 0 bridgehead atoms. The number of thiazole rings is 1. The summed E-state index contributed by atoms with van der Waals surface area (Å²) >= 11 is 1.35. The Morgan fingerprint density at radius 2 is 1.74 bits per heavy atom. The van der Waals surface area contributed by atoms with Gasteiger partial charge in [0, 0.05) is 29.2 Å². The first-order valence-electron chi connectivity index (χ1n) is 14.3. The Labute approximate surface area is 248 Å². The van der Waals surface area contributed by atoms with Gasteiger partial charge in [-0.25, -0.2) is 9.79 Å². The van der Waals surface area contributed by atoms with E-state index in [0.29, 0.717) is 26.5 Å². The standard InChI is InChI=1S/C35H33N3O3S/c1-5-41-34(40)31-23(4)36-35-38(32(31)26-17-15-25(16-18-26)22(2)3)33(39)30(42-35)19-27-21-37(20-24-11-7-6-8-12-24)29-14-10-9-13-28(27)29/h6-19,21-22,32H,5,20H2,1-4H3/b30-19-/t32-/m1/s1. The molecule has 3 aromatic carbocycles. The summed E-state index contributed by atoms with van der Waals surface area (Å²) in [5.41, 5.74) is 6.10. The number of carbonyl (C=O) groups is 1. The van der Waals surface area contributed by atoms with Gasteiger partial charge < -0.3 is 9.30 Å². The summed E-state index contributed by atoms with van der Waals surface area (Å²) in [6.45, 7) is 8.85. The van der Waals surface area contributed by atoms with Crippen molar-refractivity contribution in [2.75, 3.05) is 6.61 Å². The summed E-state index contributed by atoms with van der Waals surface area (Å²) < 4.78 is 9.88. The number of para-hydroxylation sites is 1. The molecule has 5 aromatic rings. The minimum Gasteiger partial charge on any atom is -0.463 e. The molecule has 0 saturated heterocycles. The van der Waals surface area contributed by atoms with Crippen LogP contribution in [0.15, 0.2) is 106 Å². The molecule has 1 aliphatic rings. The van der Waals surface area contributed by atoms with Gasteiger partial charge in [-0.15, -0.1) is 0 Å². The van der Waals surface area contributed by atoms with Gasteiger partial charge in [0.2, 0.25) is 0 Å². The van der Waals surface area contributed by atoms with E-state index in [4.69, 9.17) is 9.73 Å². The van der Waals surface area contributed by atoms with E-state index in [1.165, 1.54) is 22.5 Å². The third-order valence-electron chi connectivity index (χ3n) is 7.74. The smallest absolute Gasteiger partial charge is 0.338 e. The summed E-state index contributed by atoms with van der Waals surface area (Å²) in [5.74, 6) is -0.0817. The second-order valence-corrected chi connectivity index (χ2v) is 11.8. The van der Waals surface area contributed by atoms with Crippen LogP contribution in [0.25, 0.3) is 17.0 Å². The van der Waals surface area contributed by atoms with Crippen molar-refractivity contribution in [3.05, 3.63) is 138 Å². The Bertz CT molecular complexity index is 1990. The summed E-state index contributed by atoms with van der Waals surface area (Å²) in [4.78, 5) is 32.7. The number of esters is 1.